The molecule has 2 aromatic rings. The molecule has 0 aromatic heterocycles. The van der Waals surface area contributed by atoms with Crippen LogP contribution in [0.25, 0.3) is 0 Å². The van der Waals surface area contributed by atoms with E-state index in [2.05, 4.69) is 5.32 Å². The van der Waals surface area contributed by atoms with Gasteiger partial charge in [0.25, 0.3) is 5.91 Å². The molecule has 0 unspecified atom stereocenters. The van der Waals surface area contributed by atoms with E-state index < -0.39 is 5.82 Å². The number of carbonyl (C=O) groups is 1. The number of amides is 1. The molecule has 0 heterocycles. The molecule has 2 aromatic carbocycles. The maximum Gasteiger partial charge on any atom is 0.262 e. The van der Waals surface area contributed by atoms with E-state index in [1.807, 2.05) is 25.1 Å². The third-order valence-corrected chi connectivity index (χ3v) is 2.75. The van der Waals surface area contributed by atoms with Crippen LogP contribution in [-0.4, -0.2) is 12.5 Å². The van der Waals surface area contributed by atoms with Crippen molar-refractivity contribution in [2.45, 2.75) is 6.92 Å². The fourth-order valence-corrected chi connectivity index (χ4v) is 1.68. The number of anilines is 2. The first-order valence-electron chi connectivity index (χ1n) is 6.09. The summed E-state index contributed by atoms with van der Waals surface area (Å²) in [6, 6.07) is 11.2. The molecule has 0 saturated heterocycles. The normalized spacial score (nSPS) is 10.1. The molecule has 0 saturated carbocycles. The molecule has 0 radical (unpaired) electrons. The van der Waals surface area contributed by atoms with Crippen molar-refractivity contribution in [1.29, 1.82) is 0 Å². The fraction of sp³-hybridized carbons (Fsp3) is 0.133. The standard InChI is InChI=1S/C15H15FN2O2/c1-10-4-2-3-5-13(10)18-15(19)9-20-14-8-11(16)6-7-12(14)17/h2-8H,9,17H2,1H3,(H,18,19). The van der Waals surface area contributed by atoms with Crippen LogP contribution in [0.2, 0.25) is 0 Å². The highest BCUT2D eigenvalue weighted by atomic mass is 19.1. The molecule has 104 valence electrons. The maximum atomic E-state index is 13.0. The summed E-state index contributed by atoms with van der Waals surface area (Å²) in [6.07, 6.45) is 0. The third kappa shape index (κ3) is 3.47. The summed E-state index contributed by atoms with van der Waals surface area (Å²) in [5.41, 5.74) is 7.58. The minimum atomic E-state index is -0.464. The van der Waals surface area contributed by atoms with Gasteiger partial charge in [0.15, 0.2) is 6.61 Å². The number of nitrogens with two attached hydrogens (primary N) is 1. The van der Waals surface area contributed by atoms with Gasteiger partial charge in [-0.15, -0.1) is 0 Å². The van der Waals surface area contributed by atoms with Gasteiger partial charge >= 0.3 is 0 Å². The Morgan fingerprint density at radius 2 is 2.05 bits per heavy atom. The van der Waals surface area contributed by atoms with Gasteiger partial charge in [-0.1, -0.05) is 18.2 Å². The van der Waals surface area contributed by atoms with Crippen LogP contribution in [0.3, 0.4) is 0 Å². The van der Waals surface area contributed by atoms with Crippen molar-refractivity contribution < 1.29 is 13.9 Å². The predicted octanol–water partition coefficient (Wildman–Crippen LogP) is 2.73. The van der Waals surface area contributed by atoms with Crippen LogP contribution in [0.4, 0.5) is 15.8 Å². The van der Waals surface area contributed by atoms with Gasteiger partial charge in [0, 0.05) is 11.8 Å². The Bertz CT molecular complexity index is 629. The van der Waals surface area contributed by atoms with Gasteiger partial charge in [-0.05, 0) is 30.7 Å². The van der Waals surface area contributed by atoms with E-state index in [0.29, 0.717) is 5.69 Å². The van der Waals surface area contributed by atoms with Crippen molar-refractivity contribution in [1.82, 2.24) is 0 Å². The second kappa shape index (κ2) is 6.06. The first-order chi connectivity index (χ1) is 9.56. The van der Waals surface area contributed by atoms with Gasteiger partial charge in [-0.25, -0.2) is 4.39 Å². The molecule has 20 heavy (non-hydrogen) atoms. The van der Waals surface area contributed by atoms with E-state index >= 15 is 0 Å². The third-order valence-electron chi connectivity index (χ3n) is 2.75. The van der Waals surface area contributed by atoms with E-state index in [4.69, 9.17) is 10.5 Å². The number of nitrogen functional groups attached to an aromatic ring is 1. The average Bonchev–Trinajstić information content (AvgIpc) is 2.42. The van der Waals surface area contributed by atoms with Crippen LogP contribution in [-0.2, 0) is 4.79 Å². The van der Waals surface area contributed by atoms with Gasteiger partial charge in [0.1, 0.15) is 11.6 Å². The van der Waals surface area contributed by atoms with Crippen molar-refractivity contribution >= 4 is 17.3 Å². The van der Waals surface area contributed by atoms with Gasteiger partial charge in [-0.3, -0.25) is 4.79 Å². The van der Waals surface area contributed by atoms with Crippen LogP contribution < -0.4 is 15.8 Å². The van der Waals surface area contributed by atoms with E-state index in [1.54, 1.807) is 6.07 Å². The molecule has 1 amide bonds. The number of hydrogen-bond donors (Lipinski definition) is 2. The SMILES string of the molecule is Cc1ccccc1NC(=O)COc1cc(F)ccc1N. The van der Waals surface area contributed by atoms with Crippen LogP contribution in [0.15, 0.2) is 42.5 Å². The van der Waals surface area contributed by atoms with E-state index in [1.165, 1.54) is 12.1 Å². The summed E-state index contributed by atoms with van der Waals surface area (Å²) in [4.78, 5) is 11.8. The van der Waals surface area contributed by atoms with Crippen LogP contribution in [0.1, 0.15) is 5.56 Å². The Labute approximate surface area is 116 Å². The highest BCUT2D eigenvalue weighted by molar-refractivity contribution is 5.92. The number of benzene rings is 2. The Balaban J connectivity index is 1.96. The second-order valence-electron chi connectivity index (χ2n) is 4.33. The number of carbonyl (C=O) groups excluding carboxylic acids is 1. The van der Waals surface area contributed by atoms with Crippen molar-refractivity contribution in [3.05, 3.63) is 53.8 Å². The molecule has 0 atom stereocenters. The number of halogens is 1. The van der Waals surface area contributed by atoms with E-state index in [9.17, 15) is 9.18 Å². The van der Waals surface area contributed by atoms with Crippen molar-refractivity contribution in [3.8, 4) is 5.75 Å². The number of para-hydroxylation sites is 1. The maximum absolute atomic E-state index is 13.0. The van der Waals surface area contributed by atoms with Crippen LogP contribution in [0, 0.1) is 12.7 Å². The number of ether oxygens (including phenoxy) is 1. The molecular weight excluding hydrogens is 259 g/mol. The summed E-state index contributed by atoms with van der Waals surface area (Å²) in [6.45, 7) is 1.66. The molecule has 0 fully saturated rings. The zero-order valence-electron chi connectivity index (χ0n) is 11.0. The molecule has 0 spiro atoms. The topological polar surface area (TPSA) is 64.3 Å². The molecule has 0 aliphatic rings. The molecule has 3 N–H and O–H groups in total. The van der Waals surface area contributed by atoms with E-state index in [-0.39, 0.29) is 24.0 Å². The number of aryl methyl sites for hydroxylation is 1. The molecule has 0 aliphatic heterocycles. The Morgan fingerprint density at radius 1 is 1.30 bits per heavy atom. The lowest BCUT2D eigenvalue weighted by molar-refractivity contribution is -0.118. The monoisotopic (exact) mass is 274 g/mol. The largest absolute Gasteiger partial charge is 0.481 e. The molecule has 2 rings (SSSR count). The number of rotatable bonds is 4. The van der Waals surface area contributed by atoms with Crippen LogP contribution >= 0.6 is 0 Å². The lowest BCUT2D eigenvalue weighted by Crippen LogP contribution is -2.21. The summed E-state index contributed by atoms with van der Waals surface area (Å²) in [7, 11) is 0. The number of nitrogens with one attached hydrogen (secondary N) is 1. The summed E-state index contributed by atoms with van der Waals surface area (Å²) in [5.74, 6) is -0.638. The first kappa shape index (κ1) is 13.9. The van der Waals surface area contributed by atoms with Crippen LogP contribution in [0.5, 0.6) is 5.75 Å². The Morgan fingerprint density at radius 3 is 2.80 bits per heavy atom. The molecule has 0 bridgehead atoms. The first-order valence-corrected chi connectivity index (χ1v) is 6.09. The summed E-state index contributed by atoms with van der Waals surface area (Å²) in [5, 5.41) is 2.72. The lowest BCUT2D eigenvalue weighted by Gasteiger charge is -2.10. The predicted molar refractivity (Wildman–Crippen MR) is 76.1 cm³/mol. The van der Waals surface area contributed by atoms with Crippen molar-refractivity contribution in [3.63, 3.8) is 0 Å². The summed E-state index contributed by atoms with van der Waals surface area (Å²) < 4.78 is 18.2. The highest BCUT2D eigenvalue weighted by Gasteiger charge is 2.08. The van der Waals surface area contributed by atoms with Crippen molar-refractivity contribution in [2.24, 2.45) is 0 Å². The summed E-state index contributed by atoms with van der Waals surface area (Å²) >= 11 is 0. The molecule has 5 heteroatoms. The lowest BCUT2D eigenvalue weighted by atomic mass is 10.2. The minimum Gasteiger partial charge on any atom is -0.481 e. The van der Waals surface area contributed by atoms with Gasteiger partial charge in [-0.2, -0.15) is 0 Å². The molecule has 4 nitrogen and oxygen atoms in total. The average molecular weight is 274 g/mol. The quantitative estimate of drug-likeness (QED) is 0.842. The second-order valence-corrected chi connectivity index (χ2v) is 4.33. The highest BCUT2D eigenvalue weighted by Crippen LogP contribution is 2.22. The molecular formula is C15H15FN2O2. The van der Waals surface area contributed by atoms with Gasteiger partial charge < -0.3 is 15.8 Å². The van der Waals surface area contributed by atoms with Gasteiger partial charge in [0.05, 0.1) is 5.69 Å². The fourth-order valence-electron chi connectivity index (χ4n) is 1.68. The van der Waals surface area contributed by atoms with Gasteiger partial charge in [0.2, 0.25) is 0 Å². The Hall–Kier alpha value is -2.56. The minimum absolute atomic E-state index is 0.157. The Kier molecular flexibility index (Phi) is 4.20. The number of hydrogen-bond acceptors (Lipinski definition) is 3. The zero-order chi connectivity index (χ0) is 14.5. The zero-order valence-corrected chi connectivity index (χ0v) is 11.0. The van der Waals surface area contributed by atoms with E-state index in [0.717, 1.165) is 11.6 Å². The smallest absolute Gasteiger partial charge is 0.262 e. The van der Waals surface area contributed by atoms with Crippen molar-refractivity contribution in [2.75, 3.05) is 17.7 Å². The molecule has 0 aliphatic carbocycles.